The molecule has 0 aromatic heterocycles. The van der Waals surface area contributed by atoms with Crippen molar-refractivity contribution in [3.8, 4) is 0 Å². The van der Waals surface area contributed by atoms with Crippen molar-refractivity contribution in [3.63, 3.8) is 0 Å². The average Bonchev–Trinajstić information content (AvgIpc) is 3.27. The molecule has 0 radical (unpaired) electrons. The van der Waals surface area contributed by atoms with Crippen molar-refractivity contribution in [2.75, 3.05) is 5.32 Å². The fourth-order valence-electron chi connectivity index (χ4n) is 2.70. The Bertz CT molecular complexity index is 541. The Kier molecular flexibility index (Phi) is 3.93. The van der Waals surface area contributed by atoms with E-state index in [0.717, 1.165) is 18.8 Å². The molecule has 1 heterocycles. The Morgan fingerprint density at radius 2 is 2.00 bits per heavy atom. The highest BCUT2D eigenvalue weighted by Crippen LogP contribution is 2.37. The lowest BCUT2D eigenvalue weighted by molar-refractivity contribution is 0.0530. The number of aliphatic hydroxyl groups is 1. The highest BCUT2D eigenvalue weighted by atomic mass is 19.3. The molecule has 1 saturated carbocycles. The van der Waals surface area contributed by atoms with Crippen LogP contribution < -0.4 is 5.32 Å². The first-order valence-corrected chi connectivity index (χ1v) is 7.57. The van der Waals surface area contributed by atoms with E-state index in [1.807, 2.05) is 0 Å². The average molecular weight is 294 g/mol. The van der Waals surface area contributed by atoms with Crippen LogP contribution in [-0.4, -0.2) is 23.0 Å². The smallest absolute Gasteiger partial charge is 0.290 e. The topological polar surface area (TPSA) is 44.6 Å². The van der Waals surface area contributed by atoms with Gasteiger partial charge in [-0.3, -0.25) is 0 Å². The summed E-state index contributed by atoms with van der Waals surface area (Å²) in [6, 6.07) is 6.90. The van der Waals surface area contributed by atoms with Crippen molar-refractivity contribution in [1.29, 1.82) is 0 Å². The van der Waals surface area contributed by atoms with Gasteiger partial charge in [0.1, 0.15) is 5.71 Å². The van der Waals surface area contributed by atoms with E-state index in [0.29, 0.717) is 17.8 Å². The largest absolute Gasteiger partial charge is 0.368 e. The standard InChI is InChI=1S/C16H20F2N2O/c17-16(18,10-4-3-5-11-8-9-11)14-15(21)20-13-7-2-1-6-12(13)19-14/h1-2,6-7,11,15,20-21H,3-5,8-10H2. The summed E-state index contributed by atoms with van der Waals surface area (Å²) in [5.41, 5.74) is 0.571. The number of unbranched alkanes of at least 4 members (excludes halogenated alkanes) is 1. The number of hydrogen-bond donors (Lipinski definition) is 2. The van der Waals surface area contributed by atoms with Gasteiger partial charge in [0.05, 0.1) is 11.4 Å². The molecular weight excluding hydrogens is 274 g/mol. The van der Waals surface area contributed by atoms with Crippen molar-refractivity contribution in [2.45, 2.75) is 50.7 Å². The summed E-state index contributed by atoms with van der Waals surface area (Å²) < 4.78 is 28.5. The zero-order valence-corrected chi connectivity index (χ0v) is 11.9. The number of aliphatic hydroxyl groups excluding tert-OH is 1. The second-order valence-electron chi connectivity index (χ2n) is 5.95. The third kappa shape index (κ3) is 3.40. The third-order valence-corrected chi connectivity index (χ3v) is 4.12. The fourth-order valence-corrected chi connectivity index (χ4v) is 2.70. The Morgan fingerprint density at radius 3 is 2.76 bits per heavy atom. The Balaban J connectivity index is 1.66. The lowest BCUT2D eigenvalue weighted by Crippen LogP contribution is -2.43. The molecule has 2 aliphatic rings. The predicted molar refractivity (Wildman–Crippen MR) is 79.3 cm³/mol. The summed E-state index contributed by atoms with van der Waals surface area (Å²) in [5.74, 6) is -2.30. The van der Waals surface area contributed by atoms with Gasteiger partial charge in [0, 0.05) is 6.42 Å². The summed E-state index contributed by atoms with van der Waals surface area (Å²) in [6.07, 6.45) is 3.18. The van der Waals surface area contributed by atoms with E-state index < -0.39 is 17.9 Å². The van der Waals surface area contributed by atoms with E-state index >= 15 is 0 Å². The first-order valence-electron chi connectivity index (χ1n) is 7.57. The number of nitrogens with zero attached hydrogens (tertiary/aromatic N) is 1. The summed E-state index contributed by atoms with van der Waals surface area (Å²) in [7, 11) is 0. The second-order valence-corrected chi connectivity index (χ2v) is 5.95. The lowest BCUT2D eigenvalue weighted by Gasteiger charge is -2.28. The van der Waals surface area contributed by atoms with Crippen molar-refractivity contribution in [3.05, 3.63) is 24.3 Å². The van der Waals surface area contributed by atoms with Gasteiger partial charge in [-0.15, -0.1) is 0 Å². The van der Waals surface area contributed by atoms with E-state index in [2.05, 4.69) is 10.3 Å². The first kappa shape index (κ1) is 14.4. The molecule has 1 atom stereocenters. The van der Waals surface area contributed by atoms with E-state index in [1.54, 1.807) is 24.3 Å². The molecule has 21 heavy (non-hydrogen) atoms. The Hall–Kier alpha value is -1.49. The number of nitrogens with one attached hydrogen (secondary N) is 1. The zero-order chi connectivity index (χ0) is 14.9. The number of aliphatic imine (C=N–C) groups is 1. The van der Waals surface area contributed by atoms with Gasteiger partial charge in [-0.05, 0) is 24.5 Å². The van der Waals surface area contributed by atoms with Crippen LogP contribution >= 0.6 is 0 Å². The van der Waals surface area contributed by atoms with Gasteiger partial charge in [-0.2, -0.15) is 8.78 Å². The summed E-state index contributed by atoms with van der Waals surface area (Å²) in [4.78, 5) is 3.98. The summed E-state index contributed by atoms with van der Waals surface area (Å²) >= 11 is 0. The zero-order valence-electron chi connectivity index (χ0n) is 11.9. The molecule has 1 aliphatic carbocycles. The number of hydrogen-bond acceptors (Lipinski definition) is 3. The van der Waals surface area contributed by atoms with Crippen molar-refractivity contribution >= 4 is 17.1 Å². The maximum absolute atomic E-state index is 14.3. The quantitative estimate of drug-likeness (QED) is 0.776. The Labute approximate surface area is 123 Å². The van der Waals surface area contributed by atoms with Gasteiger partial charge < -0.3 is 10.4 Å². The van der Waals surface area contributed by atoms with Gasteiger partial charge in [0.15, 0.2) is 6.23 Å². The molecule has 0 saturated heterocycles. The minimum absolute atomic E-state index is 0.251. The fraction of sp³-hybridized carbons (Fsp3) is 0.562. The minimum atomic E-state index is -3.07. The van der Waals surface area contributed by atoms with Crippen LogP contribution in [0.15, 0.2) is 29.3 Å². The van der Waals surface area contributed by atoms with Crippen molar-refractivity contribution in [1.82, 2.24) is 0 Å². The molecule has 0 bridgehead atoms. The monoisotopic (exact) mass is 294 g/mol. The lowest BCUT2D eigenvalue weighted by atomic mass is 10.0. The van der Waals surface area contributed by atoms with Crippen LogP contribution in [0.1, 0.15) is 38.5 Å². The van der Waals surface area contributed by atoms with Crippen LogP contribution in [0, 0.1) is 5.92 Å². The van der Waals surface area contributed by atoms with E-state index in [1.165, 1.54) is 12.8 Å². The number of anilines is 1. The number of fused-ring (bicyclic) bond motifs is 1. The minimum Gasteiger partial charge on any atom is -0.368 e. The normalized spacial score (nSPS) is 21.5. The maximum Gasteiger partial charge on any atom is 0.290 e. The molecule has 114 valence electrons. The van der Waals surface area contributed by atoms with E-state index in [4.69, 9.17) is 0 Å². The number of para-hydroxylation sites is 2. The van der Waals surface area contributed by atoms with Crippen LogP contribution in [0.3, 0.4) is 0 Å². The number of benzene rings is 1. The highest BCUT2D eigenvalue weighted by molar-refractivity contribution is 6.01. The van der Waals surface area contributed by atoms with Gasteiger partial charge in [-0.1, -0.05) is 37.8 Å². The van der Waals surface area contributed by atoms with Gasteiger partial charge >= 0.3 is 0 Å². The van der Waals surface area contributed by atoms with Gasteiger partial charge in [0.25, 0.3) is 5.92 Å². The molecule has 0 amide bonds. The second kappa shape index (κ2) is 5.72. The number of rotatable bonds is 6. The molecule has 3 rings (SSSR count). The summed E-state index contributed by atoms with van der Waals surface area (Å²) in [6.45, 7) is 0. The molecule has 3 nitrogen and oxygen atoms in total. The highest BCUT2D eigenvalue weighted by Gasteiger charge is 2.41. The number of alkyl halides is 2. The first-order chi connectivity index (χ1) is 10.1. The molecule has 1 fully saturated rings. The molecular formula is C16H20F2N2O. The van der Waals surface area contributed by atoms with E-state index in [9.17, 15) is 13.9 Å². The van der Waals surface area contributed by atoms with Crippen molar-refractivity contribution < 1.29 is 13.9 Å². The van der Waals surface area contributed by atoms with Crippen LogP contribution in [0.5, 0.6) is 0 Å². The SMILES string of the molecule is OC1Nc2ccccc2N=C1C(F)(F)CCCCC1CC1. The van der Waals surface area contributed by atoms with Crippen LogP contribution in [0.4, 0.5) is 20.2 Å². The molecule has 2 N–H and O–H groups in total. The third-order valence-electron chi connectivity index (χ3n) is 4.12. The van der Waals surface area contributed by atoms with Crippen molar-refractivity contribution in [2.24, 2.45) is 10.9 Å². The summed E-state index contributed by atoms with van der Waals surface area (Å²) in [5, 5.41) is 12.6. The molecule has 1 aromatic rings. The van der Waals surface area contributed by atoms with Gasteiger partial charge in [0.2, 0.25) is 0 Å². The molecule has 0 spiro atoms. The number of halogens is 2. The Morgan fingerprint density at radius 1 is 1.24 bits per heavy atom. The van der Waals surface area contributed by atoms with Crippen LogP contribution in [0.25, 0.3) is 0 Å². The van der Waals surface area contributed by atoms with E-state index in [-0.39, 0.29) is 6.42 Å². The molecule has 1 aromatic carbocycles. The molecule has 1 aliphatic heterocycles. The molecule has 1 unspecified atom stereocenters. The van der Waals surface area contributed by atoms with Crippen LogP contribution in [0.2, 0.25) is 0 Å². The van der Waals surface area contributed by atoms with Gasteiger partial charge in [-0.25, -0.2) is 4.99 Å². The predicted octanol–water partition coefficient (Wildman–Crippen LogP) is 4.11. The molecule has 5 heteroatoms. The maximum atomic E-state index is 14.3. The van der Waals surface area contributed by atoms with Crippen LogP contribution in [-0.2, 0) is 0 Å².